The van der Waals surface area contributed by atoms with E-state index in [4.69, 9.17) is 9.72 Å². The Morgan fingerprint density at radius 1 is 1.21 bits per heavy atom. The van der Waals surface area contributed by atoms with Crippen molar-refractivity contribution < 1.29 is 22.7 Å². The number of carbonyl (C=O) groups is 1. The number of likely N-dealkylation sites (tertiary alicyclic amines) is 1. The molecule has 7 nitrogen and oxygen atoms in total. The molecule has 1 N–H and O–H groups in total. The molecule has 0 spiro atoms. The summed E-state index contributed by atoms with van der Waals surface area (Å²) in [7, 11) is 3.78. The molecule has 208 valence electrons. The van der Waals surface area contributed by atoms with Gasteiger partial charge in [-0.1, -0.05) is 18.2 Å². The van der Waals surface area contributed by atoms with Gasteiger partial charge in [-0.3, -0.25) is 4.79 Å². The molecule has 0 radical (unpaired) electrons. The molecule has 10 heteroatoms. The minimum atomic E-state index is -2.89. The Hall–Kier alpha value is -3.40. The van der Waals surface area contributed by atoms with Crippen LogP contribution < -0.4 is 10.1 Å². The highest BCUT2D eigenvalue weighted by Crippen LogP contribution is 2.44. The molecule has 0 unspecified atom stereocenters. The maximum absolute atomic E-state index is 14.9. The summed E-state index contributed by atoms with van der Waals surface area (Å²) in [5.74, 6) is 1.37. The molecule has 5 rings (SSSR count). The Kier molecular flexibility index (Phi) is 7.66. The third kappa shape index (κ3) is 5.39. The molecular formula is C29H34F3N5O2. The summed E-state index contributed by atoms with van der Waals surface area (Å²) in [4.78, 5) is 25.7. The average molecular weight is 542 g/mol. The van der Waals surface area contributed by atoms with Crippen LogP contribution in [0.2, 0.25) is 0 Å². The number of piperidine rings is 1. The van der Waals surface area contributed by atoms with Crippen molar-refractivity contribution in [2.24, 2.45) is 0 Å². The average Bonchev–Trinajstić information content (AvgIpc) is 3.38. The smallest absolute Gasteiger partial charge is 0.266 e. The second-order valence-electron chi connectivity index (χ2n) is 10.7. The number of anilines is 1. The van der Waals surface area contributed by atoms with Gasteiger partial charge in [-0.15, -0.1) is 0 Å². The van der Waals surface area contributed by atoms with Crippen molar-refractivity contribution in [2.75, 3.05) is 45.7 Å². The number of benzene rings is 2. The molecule has 0 bridgehead atoms. The molecule has 1 aromatic heterocycles. The summed E-state index contributed by atoms with van der Waals surface area (Å²) in [6, 6.07) is 5.51. The third-order valence-electron chi connectivity index (χ3n) is 7.63. The summed E-state index contributed by atoms with van der Waals surface area (Å²) in [6.07, 6.45) is -0.541. The minimum absolute atomic E-state index is 0.130. The van der Waals surface area contributed by atoms with Crippen molar-refractivity contribution in [3.8, 4) is 5.75 Å². The standard InChI is InChI=1S/C29H34F3N5O2/c1-16(19-6-5-7-20(25(19)30)28(31)32)33-29-23-14-22(18-8-11-37(12-9-18)24(38)15-36(3)4)27-21(10-13-39-27)26(23)34-17(2)35-29/h5-7,14,16,18,28H,8-13,15H2,1-4H3,(H,33,34,35)/t16-/m1/s1. The first-order valence-corrected chi connectivity index (χ1v) is 13.4. The molecule has 1 amide bonds. The first-order valence-electron chi connectivity index (χ1n) is 13.4. The fraction of sp³-hybridized carbons (Fsp3) is 0.483. The van der Waals surface area contributed by atoms with Crippen LogP contribution in [0, 0.1) is 12.7 Å². The zero-order chi connectivity index (χ0) is 27.8. The molecule has 0 aliphatic carbocycles. The lowest BCUT2D eigenvalue weighted by atomic mass is 9.86. The molecular weight excluding hydrogens is 507 g/mol. The topological polar surface area (TPSA) is 70.6 Å². The number of rotatable bonds is 7. The van der Waals surface area contributed by atoms with Gasteiger partial charge in [0.25, 0.3) is 6.43 Å². The summed E-state index contributed by atoms with van der Waals surface area (Å²) in [5, 5.41) is 4.07. The number of hydrogen-bond donors (Lipinski definition) is 1. The second-order valence-corrected chi connectivity index (χ2v) is 10.7. The van der Waals surface area contributed by atoms with Gasteiger partial charge in [0.1, 0.15) is 23.2 Å². The number of alkyl halides is 2. The Morgan fingerprint density at radius 3 is 2.62 bits per heavy atom. The summed E-state index contributed by atoms with van der Waals surface area (Å²) >= 11 is 0. The molecule has 3 aromatic rings. The summed E-state index contributed by atoms with van der Waals surface area (Å²) in [6.45, 7) is 5.84. The maximum Gasteiger partial charge on any atom is 0.266 e. The van der Waals surface area contributed by atoms with E-state index in [0.717, 1.165) is 53.1 Å². The fourth-order valence-electron chi connectivity index (χ4n) is 5.69. The third-order valence-corrected chi connectivity index (χ3v) is 7.63. The van der Waals surface area contributed by atoms with Crippen LogP contribution in [0.1, 0.15) is 66.2 Å². The monoisotopic (exact) mass is 541 g/mol. The van der Waals surface area contributed by atoms with Gasteiger partial charge in [0.05, 0.1) is 30.3 Å². The number of amides is 1. The maximum atomic E-state index is 14.9. The zero-order valence-electron chi connectivity index (χ0n) is 22.7. The van der Waals surface area contributed by atoms with Crippen LogP contribution >= 0.6 is 0 Å². The van der Waals surface area contributed by atoms with Crippen molar-refractivity contribution in [3.05, 3.63) is 58.2 Å². The quantitative estimate of drug-likeness (QED) is 0.433. The number of halogens is 3. The zero-order valence-corrected chi connectivity index (χ0v) is 22.7. The number of aryl methyl sites for hydroxylation is 1. The van der Waals surface area contributed by atoms with E-state index in [1.807, 2.05) is 23.9 Å². The first-order chi connectivity index (χ1) is 18.6. The van der Waals surface area contributed by atoms with Crippen LogP contribution in [0.15, 0.2) is 24.3 Å². The van der Waals surface area contributed by atoms with Gasteiger partial charge in [0.2, 0.25) is 5.91 Å². The van der Waals surface area contributed by atoms with Crippen molar-refractivity contribution >= 4 is 22.6 Å². The van der Waals surface area contributed by atoms with Crippen molar-refractivity contribution in [1.29, 1.82) is 0 Å². The van der Waals surface area contributed by atoms with E-state index in [1.54, 1.807) is 13.8 Å². The number of aromatic nitrogens is 2. The fourth-order valence-corrected chi connectivity index (χ4v) is 5.69. The van der Waals surface area contributed by atoms with E-state index < -0.39 is 23.8 Å². The van der Waals surface area contributed by atoms with Gasteiger partial charge in [-0.05, 0) is 58.3 Å². The molecule has 3 heterocycles. The number of hydrogen-bond acceptors (Lipinski definition) is 6. The van der Waals surface area contributed by atoms with Gasteiger partial charge in [-0.25, -0.2) is 23.1 Å². The van der Waals surface area contributed by atoms with Crippen LogP contribution in [0.5, 0.6) is 5.75 Å². The van der Waals surface area contributed by atoms with Gasteiger partial charge in [0.15, 0.2) is 0 Å². The van der Waals surface area contributed by atoms with E-state index in [1.165, 1.54) is 12.1 Å². The largest absolute Gasteiger partial charge is 0.493 e. The van der Waals surface area contributed by atoms with E-state index >= 15 is 0 Å². The summed E-state index contributed by atoms with van der Waals surface area (Å²) in [5.41, 5.74) is 2.42. The predicted molar refractivity (Wildman–Crippen MR) is 144 cm³/mol. The predicted octanol–water partition coefficient (Wildman–Crippen LogP) is 5.39. The number of likely N-dealkylation sites (N-methyl/N-ethyl adjacent to an activating group) is 1. The Labute approximate surface area is 226 Å². The molecule has 0 saturated carbocycles. The van der Waals surface area contributed by atoms with Crippen LogP contribution in [0.3, 0.4) is 0 Å². The number of nitrogens with zero attached hydrogens (tertiary/aromatic N) is 4. The second kappa shape index (κ2) is 11.0. The minimum Gasteiger partial charge on any atom is -0.493 e. The first kappa shape index (κ1) is 27.2. The normalized spacial score (nSPS) is 16.6. The number of ether oxygens (including phenoxy) is 1. The van der Waals surface area contributed by atoms with Crippen LogP contribution in [-0.2, 0) is 11.2 Å². The van der Waals surface area contributed by atoms with E-state index in [2.05, 4.69) is 16.4 Å². The number of nitrogens with one attached hydrogen (secondary N) is 1. The highest BCUT2D eigenvalue weighted by molar-refractivity contribution is 5.94. The Morgan fingerprint density at radius 2 is 1.92 bits per heavy atom. The van der Waals surface area contributed by atoms with Gasteiger partial charge in [0, 0.05) is 36.0 Å². The van der Waals surface area contributed by atoms with Crippen molar-refractivity contribution in [3.63, 3.8) is 0 Å². The van der Waals surface area contributed by atoms with Crippen molar-refractivity contribution in [1.82, 2.24) is 19.8 Å². The Balaban J connectivity index is 1.48. The number of fused-ring (bicyclic) bond motifs is 3. The van der Waals surface area contributed by atoms with E-state index in [9.17, 15) is 18.0 Å². The summed E-state index contributed by atoms with van der Waals surface area (Å²) < 4.78 is 47.7. The van der Waals surface area contributed by atoms with Crippen LogP contribution in [0.25, 0.3) is 10.9 Å². The molecule has 1 fully saturated rings. The van der Waals surface area contributed by atoms with Gasteiger partial charge < -0.3 is 19.9 Å². The van der Waals surface area contributed by atoms with Crippen LogP contribution in [-0.4, -0.2) is 66.0 Å². The van der Waals surface area contributed by atoms with Crippen LogP contribution in [0.4, 0.5) is 19.0 Å². The lowest BCUT2D eigenvalue weighted by Gasteiger charge is -2.33. The van der Waals surface area contributed by atoms with Gasteiger partial charge >= 0.3 is 0 Å². The van der Waals surface area contributed by atoms with E-state index in [0.29, 0.717) is 37.9 Å². The number of carbonyl (C=O) groups excluding carboxylic acids is 1. The Bertz CT molecular complexity index is 1390. The highest BCUT2D eigenvalue weighted by atomic mass is 19.3. The van der Waals surface area contributed by atoms with Crippen molar-refractivity contribution in [2.45, 2.75) is 51.5 Å². The lowest BCUT2D eigenvalue weighted by Crippen LogP contribution is -2.42. The highest BCUT2D eigenvalue weighted by Gasteiger charge is 2.31. The molecule has 2 aromatic carbocycles. The van der Waals surface area contributed by atoms with Gasteiger partial charge in [-0.2, -0.15) is 0 Å². The lowest BCUT2D eigenvalue weighted by molar-refractivity contribution is -0.132. The molecule has 2 aliphatic heterocycles. The van der Waals surface area contributed by atoms with E-state index in [-0.39, 0.29) is 17.4 Å². The molecule has 1 saturated heterocycles. The molecule has 2 aliphatic rings. The molecule has 1 atom stereocenters. The molecule has 39 heavy (non-hydrogen) atoms. The SMILES string of the molecule is Cc1nc(N[C@H](C)c2cccc(C(F)F)c2F)c2cc(C3CCN(C(=O)CN(C)C)CC3)c3c(c2n1)CCO3.